The van der Waals surface area contributed by atoms with Crippen molar-refractivity contribution in [2.24, 2.45) is 5.73 Å². The van der Waals surface area contributed by atoms with Crippen LogP contribution in [-0.2, 0) is 4.79 Å². The zero-order valence-corrected chi connectivity index (χ0v) is 16.2. The van der Waals surface area contributed by atoms with Gasteiger partial charge >= 0.3 is 0 Å². The quantitative estimate of drug-likeness (QED) is 0.804. The van der Waals surface area contributed by atoms with Crippen LogP contribution < -0.4 is 10.6 Å². The number of nitrogens with two attached hydrogens (primary N) is 1. The predicted octanol–water partition coefficient (Wildman–Crippen LogP) is 1.42. The van der Waals surface area contributed by atoms with E-state index in [2.05, 4.69) is 18.7 Å². The molecule has 2 heterocycles. The molecule has 2 N–H and O–H groups in total. The van der Waals surface area contributed by atoms with Gasteiger partial charge < -0.3 is 15.5 Å². The first-order valence-electron chi connectivity index (χ1n) is 9.58. The Morgan fingerprint density at radius 1 is 1.32 bits per heavy atom. The fraction of sp³-hybridized carbons (Fsp3) is 0.476. The summed E-state index contributed by atoms with van der Waals surface area (Å²) < 4.78 is 0. The van der Waals surface area contributed by atoms with Crippen molar-refractivity contribution in [1.82, 2.24) is 9.80 Å². The van der Waals surface area contributed by atoms with Crippen molar-refractivity contribution in [1.29, 1.82) is 10.5 Å². The van der Waals surface area contributed by atoms with Gasteiger partial charge in [0.1, 0.15) is 6.04 Å². The molecule has 0 bridgehead atoms. The Hall–Kier alpha value is -2.87. The van der Waals surface area contributed by atoms with Crippen LogP contribution in [0.1, 0.15) is 24.8 Å². The molecular weight excluding hydrogens is 352 g/mol. The van der Waals surface area contributed by atoms with Gasteiger partial charge in [0, 0.05) is 31.0 Å². The van der Waals surface area contributed by atoms with Gasteiger partial charge in [0.25, 0.3) is 0 Å². The molecule has 28 heavy (non-hydrogen) atoms. The van der Waals surface area contributed by atoms with Gasteiger partial charge in [-0.2, -0.15) is 10.5 Å². The van der Waals surface area contributed by atoms with Gasteiger partial charge in [-0.1, -0.05) is 6.58 Å². The minimum Gasteiger partial charge on any atom is -0.358 e. The third-order valence-electron chi connectivity index (χ3n) is 5.70. The smallest absolute Gasteiger partial charge is 0.244 e. The largest absolute Gasteiger partial charge is 0.358 e. The van der Waals surface area contributed by atoms with E-state index in [1.165, 1.54) is 0 Å². The number of hydrogen-bond donors (Lipinski definition) is 1. The molecule has 1 aromatic carbocycles. The average Bonchev–Trinajstić information content (AvgIpc) is 3.33. The van der Waals surface area contributed by atoms with Crippen LogP contribution in [0.4, 0.5) is 5.69 Å². The summed E-state index contributed by atoms with van der Waals surface area (Å²) >= 11 is 0. The molecular formula is C21H26N6O. The summed E-state index contributed by atoms with van der Waals surface area (Å²) in [5.41, 5.74) is 8.51. The minimum atomic E-state index is -0.323. The topological polar surface area (TPSA) is 100 Å². The maximum absolute atomic E-state index is 12.9. The van der Waals surface area contributed by atoms with Crippen LogP contribution in [0.3, 0.4) is 0 Å². The van der Waals surface area contributed by atoms with E-state index < -0.39 is 0 Å². The fourth-order valence-electron chi connectivity index (χ4n) is 4.05. The number of nitriles is 2. The van der Waals surface area contributed by atoms with Crippen molar-refractivity contribution >= 4 is 11.6 Å². The minimum absolute atomic E-state index is 0.0427. The summed E-state index contributed by atoms with van der Waals surface area (Å²) in [4.78, 5) is 18.7. The molecule has 0 aromatic heterocycles. The molecule has 2 saturated heterocycles. The van der Waals surface area contributed by atoms with Crippen LogP contribution in [0, 0.1) is 22.7 Å². The lowest BCUT2D eigenvalue weighted by Gasteiger charge is -2.32. The van der Waals surface area contributed by atoms with E-state index in [0.717, 1.165) is 37.2 Å². The van der Waals surface area contributed by atoms with Crippen LogP contribution >= 0.6 is 0 Å². The Kier molecular flexibility index (Phi) is 5.99. The van der Waals surface area contributed by atoms with Crippen molar-refractivity contribution in [3.8, 4) is 12.1 Å². The Bertz CT molecular complexity index is 821. The Morgan fingerprint density at radius 2 is 2.04 bits per heavy atom. The third kappa shape index (κ3) is 3.87. The molecule has 0 saturated carbocycles. The summed E-state index contributed by atoms with van der Waals surface area (Å²) in [6.45, 7) is 6.07. The number of anilines is 1. The van der Waals surface area contributed by atoms with Crippen LogP contribution in [0.2, 0.25) is 0 Å². The number of likely N-dealkylation sites (N-methyl/N-ethyl adjacent to an activating group) is 1. The average molecular weight is 378 g/mol. The highest BCUT2D eigenvalue weighted by molar-refractivity contribution is 5.99. The number of nitrogens with zero attached hydrogens (tertiary/aromatic N) is 5. The number of amides is 1. The Labute approximate surface area is 166 Å². The molecule has 2 aliphatic rings. The highest BCUT2D eigenvalue weighted by Gasteiger charge is 2.36. The monoisotopic (exact) mass is 378 g/mol. The SMILES string of the molecule is C=C(C(N)CN(C)C1CCN(c2ccc(C#N)cc2)C1=O)N1CCCC1C#N. The van der Waals surface area contributed by atoms with E-state index in [1.807, 2.05) is 29.0 Å². The van der Waals surface area contributed by atoms with Gasteiger partial charge in [-0.15, -0.1) is 0 Å². The van der Waals surface area contributed by atoms with Gasteiger partial charge in [-0.05, 0) is 50.6 Å². The van der Waals surface area contributed by atoms with Crippen molar-refractivity contribution in [3.05, 3.63) is 42.1 Å². The fourth-order valence-corrected chi connectivity index (χ4v) is 4.05. The summed E-state index contributed by atoms with van der Waals surface area (Å²) in [5, 5.41) is 18.2. The zero-order chi connectivity index (χ0) is 20.3. The number of hydrogen-bond acceptors (Lipinski definition) is 6. The molecule has 1 aromatic rings. The maximum Gasteiger partial charge on any atom is 0.244 e. The molecule has 2 aliphatic heterocycles. The van der Waals surface area contributed by atoms with E-state index in [9.17, 15) is 10.1 Å². The van der Waals surface area contributed by atoms with Gasteiger partial charge in [-0.25, -0.2) is 0 Å². The van der Waals surface area contributed by atoms with Gasteiger partial charge in [0.2, 0.25) is 5.91 Å². The predicted molar refractivity (Wildman–Crippen MR) is 107 cm³/mol. The third-order valence-corrected chi connectivity index (χ3v) is 5.70. The number of likely N-dealkylation sites (tertiary alicyclic amines) is 1. The standard InChI is InChI=1S/C21H26N6O/c1-15(26-10-3-4-18(26)13-23)19(24)14-25(2)20-9-11-27(21(20)28)17-7-5-16(12-22)6-8-17/h5-8,18-20H,1,3-4,9-11,14,24H2,2H3. The van der Waals surface area contributed by atoms with Crippen LogP contribution in [0.5, 0.6) is 0 Å². The van der Waals surface area contributed by atoms with Crippen LogP contribution in [-0.4, -0.2) is 60.5 Å². The molecule has 2 fully saturated rings. The second-order valence-electron chi connectivity index (χ2n) is 7.47. The second kappa shape index (κ2) is 8.43. The summed E-state index contributed by atoms with van der Waals surface area (Å²) in [5.74, 6) is 0.0427. The van der Waals surface area contributed by atoms with E-state index in [0.29, 0.717) is 18.7 Å². The molecule has 146 valence electrons. The first-order chi connectivity index (χ1) is 13.5. The first kappa shape index (κ1) is 19.9. The highest BCUT2D eigenvalue weighted by Crippen LogP contribution is 2.26. The number of benzene rings is 1. The summed E-state index contributed by atoms with van der Waals surface area (Å²) in [6, 6.07) is 10.8. The Morgan fingerprint density at radius 3 is 2.68 bits per heavy atom. The van der Waals surface area contributed by atoms with Crippen LogP contribution in [0.15, 0.2) is 36.5 Å². The van der Waals surface area contributed by atoms with E-state index in [-0.39, 0.29) is 24.0 Å². The summed E-state index contributed by atoms with van der Waals surface area (Å²) in [7, 11) is 1.91. The molecule has 3 rings (SSSR count). The van der Waals surface area contributed by atoms with Crippen molar-refractivity contribution in [2.45, 2.75) is 37.4 Å². The summed E-state index contributed by atoms with van der Waals surface area (Å²) in [6.07, 6.45) is 2.54. The molecule has 0 aliphatic carbocycles. The molecule has 0 spiro atoms. The molecule has 7 nitrogen and oxygen atoms in total. The van der Waals surface area contributed by atoms with E-state index in [4.69, 9.17) is 11.0 Å². The molecule has 0 radical (unpaired) electrons. The van der Waals surface area contributed by atoms with Gasteiger partial charge in [0.15, 0.2) is 0 Å². The van der Waals surface area contributed by atoms with Gasteiger partial charge in [-0.3, -0.25) is 9.69 Å². The van der Waals surface area contributed by atoms with E-state index in [1.54, 1.807) is 17.0 Å². The van der Waals surface area contributed by atoms with Crippen LogP contribution in [0.25, 0.3) is 0 Å². The van der Waals surface area contributed by atoms with E-state index >= 15 is 0 Å². The first-order valence-corrected chi connectivity index (χ1v) is 9.58. The maximum atomic E-state index is 12.9. The Balaban J connectivity index is 1.61. The van der Waals surface area contributed by atoms with Crippen molar-refractivity contribution < 1.29 is 4.79 Å². The number of carbonyl (C=O) groups is 1. The lowest BCUT2D eigenvalue weighted by Crippen LogP contribution is -2.48. The van der Waals surface area contributed by atoms with Gasteiger partial charge in [0.05, 0.1) is 29.8 Å². The van der Waals surface area contributed by atoms with Crippen molar-refractivity contribution in [2.75, 3.05) is 31.6 Å². The lowest BCUT2D eigenvalue weighted by atomic mass is 10.1. The molecule has 3 atom stereocenters. The molecule has 7 heteroatoms. The second-order valence-corrected chi connectivity index (χ2v) is 7.47. The molecule has 3 unspecified atom stereocenters. The molecule has 1 amide bonds. The normalized spacial score (nSPS) is 23.0. The zero-order valence-electron chi connectivity index (χ0n) is 16.2. The lowest BCUT2D eigenvalue weighted by molar-refractivity contribution is -0.121. The number of carbonyl (C=O) groups excluding carboxylic acids is 1. The van der Waals surface area contributed by atoms with Crippen molar-refractivity contribution in [3.63, 3.8) is 0 Å². The highest BCUT2D eigenvalue weighted by atomic mass is 16.2. The number of rotatable bonds is 6.